The number of thiocarbonyl (C=S) groups is 1. The summed E-state index contributed by atoms with van der Waals surface area (Å²) in [6.07, 6.45) is 0.114. The van der Waals surface area contributed by atoms with Crippen LogP contribution < -0.4 is 21.5 Å². The quantitative estimate of drug-likeness (QED) is 0.421. The Morgan fingerprint density at radius 2 is 1.92 bits per heavy atom. The summed E-state index contributed by atoms with van der Waals surface area (Å²) in [6, 6.07) is 6.51. The SMILES string of the molecule is COC[C@@H](C)NC(=S)NNC(=O)CCNC(=O)c1ccc(Cl)cc1. The molecule has 1 aromatic rings. The van der Waals surface area contributed by atoms with Crippen molar-refractivity contribution in [1.82, 2.24) is 21.5 Å². The van der Waals surface area contributed by atoms with Gasteiger partial charge in [-0.1, -0.05) is 11.6 Å². The van der Waals surface area contributed by atoms with Gasteiger partial charge in [0.1, 0.15) is 0 Å². The van der Waals surface area contributed by atoms with Crippen LogP contribution in [0.2, 0.25) is 5.02 Å². The van der Waals surface area contributed by atoms with Crippen molar-refractivity contribution >= 4 is 40.7 Å². The van der Waals surface area contributed by atoms with Gasteiger partial charge in [0.25, 0.3) is 5.91 Å². The van der Waals surface area contributed by atoms with Crippen molar-refractivity contribution in [2.24, 2.45) is 0 Å². The van der Waals surface area contributed by atoms with Crippen LogP contribution in [-0.2, 0) is 9.53 Å². The smallest absolute Gasteiger partial charge is 0.251 e. The molecular weight excluding hydrogens is 352 g/mol. The second-order valence-electron chi connectivity index (χ2n) is 5.02. The Hall–Kier alpha value is -1.90. The number of carbonyl (C=O) groups excluding carboxylic acids is 2. The Balaban J connectivity index is 2.20. The van der Waals surface area contributed by atoms with Gasteiger partial charge in [-0.15, -0.1) is 0 Å². The van der Waals surface area contributed by atoms with Gasteiger partial charge in [0.05, 0.1) is 6.61 Å². The third kappa shape index (κ3) is 8.09. The maximum absolute atomic E-state index is 11.8. The van der Waals surface area contributed by atoms with E-state index in [0.29, 0.717) is 17.2 Å². The van der Waals surface area contributed by atoms with Gasteiger partial charge in [0, 0.05) is 36.7 Å². The standard InChI is InChI=1S/C15H21ClN4O3S/c1-10(9-23-2)18-15(24)20-19-13(21)7-8-17-14(22)11-3-5-12(16)6-4-11/h3-6,10H,7-9H2,1-2H3,(H,17,22)(H,19,21)(H2,18,20,24)/t10-/m1/s1. The highest BCUT2D eigenvalue weighted by atomic mass is 35.5. The van der Waals surface area contributed by atoms with Crippen LogP contribution in [0.5, 0.6) is 0 Å². The first-order valence-electron chi connectivity index (χ1n) is 7.30. The van der Waals surface area contributed by atoms with Crippen molar-refractivity contribution in [3.63, 3.8) is 0 Å². The zero-order valence-corrected chi connectivity index (χ0v) is 15.1. The molecule has 0 aliphatic carbocycles. The number of hydrogen-bond acceptors (Lipinski definition) is 4. The van der Waals surface area contributed by atoms with Crippen molar-refractivity contribution in [2.75, 3.05) is 20.3 Å². The van der Waals surface area contributed by atoms with E-state index < -0.39 is 0 Å². The van der Waals surface area contributed by atoms with Crippen LogP contribution in [0.25, 0.3) is 0 Å². The van der Waals surface area contributed by atoms with Gasteiger partial charge in [-0.05, 0) is 43.4 Å². The monoisotopic (exact) mass is 372 g/mol. The molecule has 1 aromatic carbocycles. The van der Waals surface area contributed by atoms with E-state index in [2.05, 4.69) is 21.5 Å². The highest BCUT2D eigenvalue weighted by molar-refractivity contribution is 7.80. The van der Waals surface area contributed by atoms with Gasteiger partial charge in [0.2, 0.25) is 5.91 Å². The van der Waals surface area contributed by atoms with Crippen LogP contribution in [0, 0.1) is 0 Å². The molecule has 1 rings (SSSR count). The van der Waals surface area contributed by atoms with Crippen molar-refractivity contribution < 1.29 is 14.3 Å². The summed E-state index contributed by atoms with van der Waals surface area (Å²) in [6.45, 7) is 2.59. The molecule has 1 atom stereocenters. The summed E-state index contributed by atoms with van der Waals surface area (Å²) < 4.78 is 4.96. The zero-order chi connectivity index (χ0) is 17.9. The lowest BCUT2D eigenvalue weighted by Crippen LogP contribution is -2.50. The number of benzene rings is 1. The summed E-state index contributed by atoms with van der Waals surface area (Å²) in [7, 11) is 1.59. The van der Waals surface area contributed by atoms with E-state index in [1.165, 1.54) is 0 Å². The van der Waals surface area contributed by atoms with Crippen molar-refractivity contribution in [1.29, 1.82) is 0 Å². The second-order valence-corrected chi connectivity index (χ2v) is 5.86. The molecule has 0 heterocycles. The molecule has 7 nitrogen and oxygen atoms in total. The Kier molecular flexibility index (Phi) is 9.06. The van der Waals surface area contributed by atoms with Crippen LogP contribution in [0.3, 0.4) is 0 Å². The van der Waals surface area contributed by atoms with E-state index in [-0.39, 0.29) is 35.9 Å². The minimum absolute atomic E-state index is 0.0190. The van der Waals surface area contributed by atoms with E-state index in [1.807, 2.05) is 6.92 Å². The molecule has 132 valence electrons. The number of halogens is 1. The third-order valence-corrected chi connectivity index (χ3v) is 3.33. The zero-order valence-electron chi connectivity index (χ0n) is 13.5. The first-order valence-corrected chi connectivity index (χ1v) is 8.09. The molecule has 0 fully saturated rings. The lowest BCUT2D eigenvalue weighted by Gasteiger charge is -2.16. The number of hydrogen-bond donors (Lipinski definition) is 4. The number of carbonyl (C=O) groups is 2. The third-order valence-electron chi connectivity index (χ3n) is 2.85. The molecule has 0 aromatic heterocycles. The number of rotatable bonds is 7. The Morgan fingerprint density at radius 1 is 1.25 bits per heavy atom. The van der Waals surface area contributed by atoms with Crippen LogP contribution in [0.1, 0.15) is 23.7 Å². The molecule has 9 heteroatoms. The molecule has 0 saturated carbocycles. The van der Waals surface area contributed by atoms with Gasteiger partial charge < -0.3 is 15.4 Å². The Bertz CT molecular complexity index is 568. The highest BCUT2D eigenvalue weighted by Gasteiger charge is 2.08. The molecule has 0 aliphatic rings. The molecule has 0 unspecified atom stereocenters. The fourth-order valence-corrected chi connectivity index (χ4v) is 2.11. The lowest BCUT2D eigenvalue weighted by molar-refractivity contribution is -0.121. The Morgan fingerprint density at radius 3 is 2.54 bits per heavy atom. The number of hydrazine groups is 1. The van der Waals surface area contributed by atoms with Crippen molar-refractivity contribution in [2.45, 2.75) is 19.4 Å². The maximum atomic E-state index is 11.8. The van der Waals surface area contributed by atoms with Crippen LogP contribution in [0.4, 0.5) is 0 Å². The largest absolute Gasteiger partial charge is 0.383 e. The number of nitrogens with one attached hydrogen (secondary N) is 4. The fourth-order valence-electron chi connectivity index (χ4n) is 1.73. The highest BCUT2D eigenvalue weighted by Crippen LogP contribution is 2.09. The van der Waals surface area contributed by atoms with Crippen LogP contribution in [0.15, 0.2) is 24.3 Å². The first-order chi connectivity index (χ1) is 11.4. The number of amides is 2. The molecule has 24 heavy (non-hydrogen) atoms. The van der Waals surface area contributed by atoms with Crippen LogP contribution >= 0.6 is 23.8 Å². The van der Waals surface area contributed by atoms with Gasteiger partial charge >= 0.3 is 0 Å². The van der Waals surface area contributed by atoms with E-state index >= 15 is 0 Å². The average molecular weight is 373 g/mol. The summed E-state index contributed by atoms with van der Waals surface area (Å²) >= 11 is 10.8. The molecule has 0 aliphatic heterocycles. The van der Waals surface area contributed by atoms with Gasteiger partial charge in [0.15, 0.2) is 5.11 Å². The van der Waals surface area contributed by atoms with E-state index in [4.69, 9.17) is 28.6 Å². The lowest BCUT2D eigenvalue weighted by atomic mass is 10.2. The second kappa shape index (κ2) is 10.8. The average Bonchev–Trinajstić information content (AvgIpc) is 2.53. The summed E-state index contributed by atoms with van der Waals surface area (Å²) in [4.78, 5) is 23.5. The van der Waals surface area contributed by atoms with Gasteiger partial charge in [-0.25, -0.2) is 0 Å². The summed E-state index contributed by atoms with van der Waals surface area (Å²) in [5.74, 6) is -0.562. The Labute approximate surface area is 151 Å². The predicted molar refractivity (Wildman–Crippen MR) is 96.8 cm³/mol. The summed E-state index contributed by atoms with van der Waals surface area (Å²) in [5.41, 5.74) is 5.52. The molecule has 4 N–H and O–H groups in total. The molecule has 0 radical (unpaired) electrons. The van der Waals surface area contributed by atoms with E-state index in [0.717, 1.165) is 0 Å². The minimum Gasteiger partial charge on any atom is -0.383 e. The minimum atomic E-state index is -0.296. The number of methoxy groups -OCH3 is 1. The van der Waals surface area contributed by atoms with Gasteiger partial charge in [-0.2, -0.15) is 0 Å². The maximum Gasteiger partial charge on any atom is 0.251 e. The van der Waals surface area contributed by atoms with Crippen molar-refractivity contribution in [3.05, 3.63) is 34.9 Å². The normalized spacial score (nSPS) is 11.3. The van der Waals surface area contributed by atoms with Crippen LogP contribution in [-0.4, -0.2) is 43.2 Å². The van der Waals surface area contributed by atoms with E-state index in [1.54, 1.807) is 31.4 Å². The molecule has 0 spiro atoms. The topological polar surface area (TPSA) is 91.5 Å². The predicted octanol–water partition coefficient (Wildman–Crippen LogP) is 0.990. The molecule has 0 saturated heterocycles. The van der Waals surface area contributed by atoms with Crippen molar-refractivity contribution in [3.8, 4) is 0 Å². The molecule has 0 bridgehead atoms. The molecule has 2 amide bonds. The molecular formula is C15H21ClN4O3S. The first kappa shape index (κ1) is 20.1. The fraction of sp³-hybridized carbons (Fsp3) is 0.400. The van der Waals surface area contributed by atoms with E-state index in [9.17, 15) is 9.59 Å². The number of ether oxygens (including phenoxy) is 1. The summed E-state index contributed by atoms with van der Waals surface area (Å²) in [5, 5.41) is 6.43. The van der Waals surface area contributed by atoms with Gasteiger partial charge in [-0.3, -0.25) is 20.4 Å².